The van der Waals surface area contributed by atoms with Gasteiger partial charge in [0.15, 0.2) is 4.32 Å². The van der Waals surface area contributed by atoms with Gasteiger partial charge in [-0.3, -0.25) is 4.79 Å². The highest BCUT2D eigenvalue weighted by Gasteiger charge is 2.31. The first-order chi connectivity index (χ1) is 11.5. The van der Waals surface area contributed by atoms with Crippen molar-refractivity contribution in [1.29, 1.82) is 0 Å². The number of thioether (sulfide) groups is 1. The molecule has 0 saturated carbocycles. The third kappa shape index (κ3) is 3.77. The van der Waals surface area contributed by atoms with E-state index < -0.39 is 0 Å². The maximum Gasteiger partial charge on any atom is 0.286 e. The van der Waals surface area contributed by atoms with Crippen LogP contribution < -0.4 is 0 Å². The minimum Gasteiger partial charge on any atom is -0.266 e. The maximum absolute atomic E-state index is 12.9. The smallest absolute Gasteiger partial charge is 0.266 e. The highest BCUT2D eigenvalue weighted by molar-refractivity contribution is 8.26. The SMILES string of the molecule is Cc1ccc(/C=C2/SC(=S)N(/N=C/c3ccc(F)cc3)C2=O)cc1. The van der Waals surface area contributed by atoms with E-state index in [9.17, 15) is 9.18 Å². The Morgan fingerprint density at radius 3 is 2.38 bits per heavy atom. The summed E-state index contributed by atoms with van der Waals surface area (Å²) in [5, 5.41) is 5.31. The van der Waals surface area contributed by atoms with Gasteiger partial charge in [0.05, 0.1) is 11.1 Å². The zero-order valence-corrected chi connectivity index (χ0v) is 14.4. The molecule has 0 radical (unpaired) electrons. The highest BCUT2D eigenvalue weighted by Crippen LogP contribution is 2.32. The predicted octanol–water partition coefficient (Wildman–Crippen LogP) is 4.37. The Bertz CT molecular complexity index is 842. The number of hydrazone groups is 1. The Labute approximate surface area is 148 Å². The normalized spacial score (nSPS) is 16.6. The molecule has 120 valence electrons. The summed E-state index contributed by atoms with van der Waals surface area (Å²) < 4.78 is 13.3. The van der Waals surface area contributed by atoms with Crippen molar-refractivity contribution in [2.45, 2.75) is 6.92 Å². The van der Waals surface area contributed by atoms with Crippen LogP contribution in [-0.4, -0.2) is 21.5 Å². The molecular weight excluding hydrogens is 343 g/mol. The summed E-state index contributed by atoms with van der Waals surface area (Å²) >= 11 is 6.43. The highest BCUT2D eigenvalue weighted by atomic mass is 32.2. The molecule has 1 saturated heterocycles. The first-order valence-corrected chi connectivity index (χ1v) is 8.39. The molecule has 1 aliphatic rings. The molecule has 0 N–H and O–H groups in total. The van der Waals surface area contributed by atoms with Crippen LogP contribution in [0, 0.1) is 12.7 Å². The average Bonchev–Trinajstić information content (AvgIpc) is 2.83. The van der Waals surface area contributed by atoms with E-state index in [4.69, 9.17) is 12.2 Å². The standard InChI is InChI=1S/C18H13FN2OS2/c1-12-2-4-13(5-3-12)10-16-17(22)21(18(23)24-16)20-11-14-6-8-15(19)9-7-14/h2-11H,1H3/b16-10+,20-11+. The Balaban J connectivity index is 1.78. The molecule has 3 nitrogen and oxygen atoms in total. The van der Waals surface area contributed by atoms with Crippen molar-refractivity contribution < 1.29 is 9.18 Å². The fraction of sp³-hybridized carbons (Fsp3) is 0.0556. The summed E-state index contributed by atoms with van der Waals surface area (Å²) in [6.45, 7) is 2.01. The molecule has 0 atom stereocenters. The molecule has 1 fully saturated rings. The number of aryl methyl sites for hydroxylation is 1. The van der Waals surface area contributed by atoms with Gasteiger partial charge in [-0.25, -0.2) is 4.39 Å². The number of halogens is 1. The predicted molar refractivity (Wildman–Crippen MR) is 100 cm³/mol. The van der Waals surface area contributed by atoms with E-state index in [1.54, 1.807) is 18.2 Å². The van der Waals surface area contributed by atoms with E-state index in [2.05, 4.69) is 5.10 Å². The first-order valence-electron chi connectivity index (χ1n) is 7.17. The quantitative estimate of drug-likeness (QED) is 0.465. The van der Waals surface area contributed by atoms with Crippen molar-refractivity contribution in [2.75, 3.05) is 0 Å². The Morgan fingerprint density at radius 2 is 1.71 bits per heavy atom. The number of hydrogen-bond donors (Lipinski definition) is 0. The van der Waals surface area contributed by atoms with Crippen LogP contribution in [0.5, 0.6) is 0 Å². The first kappa shape index (κ1) is 16.5. The number of hydrogen-bond acceptors (Lipinski definition) is 4. The molecule has 0 spiro atoms. The van der Waals surface area contributed by atoms with Crippen LogP contribution in [0.3, 0.4) is 0 Å². The van der Waals surface area contributed by atoms with Gasteiger partial charge in [0.1, 0.15) is 5.82 Å². The molecule has 1 heterocycles. The van der Waals surface area contributed by atoms with Crippen LogP contribution >= 0.6 is 24.0 Å². The fourth-order valence-electron chi connectivity index (χ4n) is 2.05. The monoisotopic (exact) mass is 356 g/mol. The van der Waals surface area contributed by atoms with Gasteiger partial charge in [0.25, 0.3) is 5.91 Å². The number of nitrogens with zero attached hydrogens (tertiary/aromatic N) is 2. The van der Waals surface area contributed by atoms with Crippen molar-refractivity contribution in [2.24, 2.45) is 5.10 Å². The molecule has 3 rings (SSSR count). The van der Waals surface area contributed by atoms with Gasteiger partial charge in [-0.1, -0.05) is 53.7 Å². The molecule has 2 aromatic rings. The maximum atomic E-state index is 12.9. The lowest BCUT2D eigenvalue weighted by Gasteiger charge is -2.06. The zero-order chi connectivity index (χ0) is 17.1. The molecule has 0 aromatic heterocycles. The minimum atomic E-state index is -0.321. The molecule has 2 aromatic carbocycles. The van der Waals surface area contributed by atoms with Gasteiger partial charge in [0, 0.05) is 0 Å². The van der Waals surface area contributed by atoms with E-state index in [1.165, 1.54) is 35.1 Å². The van der Waals surface area contributed by atoms with Crippen molar-refractivity contribution in [3.05, 3.63) is 75.9 Å². The number of amides is 1. The molecule has 24 heavy (non-hydrogen) atoms. The van der Waals surface area contributed by atoms with Crippen LogP contribution in [0.25, 0.3) is 6.08 Å². The van der Waals surface area contributed by atoms with Gasteiger partial charge in [-0.2, -0.15) is 10.1 Å². The molecular formula is C18H13FN2OS2. The lowest BCUT2D eigenvalue weighted by Crippen LogP contribution is -2.22. The molecule has 6 heteroatoms. The molecule has 0 aliphatic carbocycles. The van der Waals surface area contributed by atoms with E-state index in [1.807, 2.05) is 31.2 Å². The molecule has 0 bridgehead atoms. The second kappa shape index (κ2) is 7.07. The average molecular weight is 356 g/mol. The second-order valence-corrected chi connectivity index (χ2v) is 6.88. The van der Waals surface area contributed by atoms with Crippen molar-refractivity contribution in [3.63, 3.8) is 0 Å². The minimum absolute atomic E-state index is 0.260. The number of carbonyl (C=O) groups excluding carboxylic acids is 1. The number of benzene rings is 2. The summed E-state index contributed by atoms with van der Waals surface area (Å²) in [4.78, 5) is 13.0. The number of rotatable bonds is 3. The summed E-state index contributed by atoms with van der Waals surface area (Å²) in [6, 6.07) is 13.7. The van der Waals surface area contributed by atoms with Crippen LogP contribution in [0.4, 0.5) is 4.39 Å². The van der Waals surface area contributed by atoms with Gasteiger partial charge in [0.2, 0.25) is 0 Å². The summed E-state index contributed by atoms with van der Waals surface area (Å²) in [5.74, 6) is -0.581. The van der Waals surface area contributed by atoms with Crippen LogP contribution in [-0.2, 0) is 4.79 Å². The van der Waals surface area contributed by atoms with Crippen LogP contribution in [0.2, 0.25) is 0 Å². The third-order valence-electron chi connectivity index (χ3n) is 3.34. The summed E-state index contributed by atoms with van der Waals surface area (Å²) in [6.07, 6.45) is 3.28. The van der Waals surface area contributed by atoms with E-state index >= 15 is 0 Å². The molecule has 1 aliphatic heterocycles. The van der Waals surface area contributed by atoms with Gasteiger partial charge < -0.3 is 0 Å². The van der Waals surface area contributed by atoms with Crippen molar-refractivity contribution in [3.8, 4) is 0 Å². The topological polar surface area (TPSA) is 32.7 Å². The lowest BCUT2D eigenvalue weighted by molar-refractivity contribution is -0.122. The Morgan fingerprint density at radius 1 is 1.08 bits per heavy atom. The van der Waals surface area contributed by atoms with Crippen LogP contribution in [0.15, 0.2) is 58.5 Å². The molecule has 1 amide bonds. The van der Waals surface area contributed by atoms with Gasteiger partial charge in [-0.15, -0.1) is 0 Å². The summed E-state index contributed by atoms with van der Waals surface area (Å²) in [5.41, 5.74) is 2.78. The van der Waals surface area contributed by atoms with E-state index in [0.29, 0.717) is 14.8 Å². The van der Waals surface area contributed by atoms with Gasteiger partial charge >= 0.3 is 0 Å². The third-order valence-corrected chi connectivity index (χ3v) is 4.62. The van der Waals surface area contributed by atoms with Crippen molar-refractivity contribution >= 4 is 46.5 Å². The van der Waals surface area contributed by atoms with E-state index in [-0.39, 0.29) is 11.7 Å². The Kier molecular flexibility index (Phi) is 4.87. The fourth-order valence-corrected chi connectivity index (χ4v) is 3.22. The zero-order valence-electron chi connectivity index (χ0n) is 12.8. The second-order valence-electron chi connectivity index (χ2n) is 5.20. The van der Waals surface area contributed by atoms with Gasteiger partial charge in [-0.05, 0) is 48.5 Å². The largest absolute Gasteiger partial charge is 0.286 e. The van der Waals surface area contributed by atoms with Crippen LogP contribution in [0.1, 0.15) is 16.7 Å². The Hall–Kier alpha value is -2.31. The lowest BCUT2D eigenvalue weighted by atomic mass is 10.1. The number of thiocarbonyl (C=S) groups is 1. The molecule has 0 unspecified atom stereocenters. The number of carbonyl (C=O) groups is 1. The summed E-state index contributed by atoms with van der Waals surface area (Å²) in [7, 11) is 0. The van der Waals surface area contributed by atoms with E-state index in [0.717, 1.165) is 11.1 Å². The van der Waals surface area contributed by atoms with Crippen molar-refractivity contribution in [1.82, 2.24) is 5.01 Å².